The summed E-state index contributed by atoms with van der Waals surface area (Å²) < 4.78 is 5.78. The number of ether oxygens (including phenoxy) is 1. The van der Waals surface area contributed by atoms with Crippen molar-refractivity contribution in [3.8, 4) is 5.75 Å². The lowest BCUT2D eigenvalue weighted by Crippen LogP contribution is -2.41. The van der Waals surface area contributed by atoms with Crippen LogP contribution in [-0.2, 0) is 0 Å². The molecule has 1 aliphatic rings. The van der Waals surface area contributed by atoms with Crippen LogP contribution in [0.25, 0.3) is 0 Å². The zero-order chi connectivity index (χ0) is 12.8. The monoisotopic (exact) mass is 246 g/mol. The van der Waals surface area contributed by atoms with Gasteiger partial charge in [0.2, 0.25) is 0 Å². The average molecular weight is 246 g/mol. The Bertz CT molecular complexity index is 392. The highest BCUT2D eigenvalue weighted by molar-refractivity contribution is 5.59. The molecule has 0 aliphatic carbocycles. The van der Waals surface area contributed by atoms with Crippen LogP contribution < -0.4 is 15.0 Å². The fourth-order valence-corrected chi connectivity index (χ4v) is 2.32. The maximum Gasteiger partial charge on any atom is 0.142 e. The van der Waals surface area contributed by atoms with Crippen LogP contribution in [0.4, 0.5) is 5.69 Å². The van der Waals surface area contributed by atoms with Crippen molar-refractivity contribution in [3.05, 3.63) is 36.9 Å². The molecule has 0 aromatic heterocycles. The number of para-hydroxylation sites is 2. The van der Waals surface area contributed by atoms with Crippen LogP contribution in [0.15, 0.2) is 36.9 Å². The minimum atomic E-state index is 0.452. The summed E-state index contributed by atoms with van der Waals surface area (Å²) in [7, 11) is 0. The maximum absolute atomic E-state index is 5.78. The molecule has 1 N–H and O–H groups in total. The van der Waals surface area contributed by atoms with Crippen LogP contribution in [0.3, 0.4) is 0 Å². The lowest BCUT2D eigenvalue weighted by molar-refractivity contribution is 0.322. The smallest absolute Gasteiger partial charge is 0.142 e. The Labute approximate surface area is 109 Å². The third-order valence-electron chi connectivity index (χ3n) is 3.24. The third-order valence-corrected chi connectivity index (χ3v) is 3.24. The molecule has 1 atom stereocenters. The molecule has 98 valence electrons. The SMILES string of the molecule is C=CCNCC(C)N1CCCOc2ccccc21. The van der Waals surface area contributed by atoms with Gasteiger partial charge in [0, 0.05) is 25.7 Å². The van der Waals surface area contributed by atoms with Crippen molar-refractivity contribution in [2.45, 2.75) is 19.4 Å². The molecule has 0 bridgehead atoms. The average Bonchev–Trinajstić information content (AvgIpc) is 2.61. The number of nitrogens with zero attached hydrogens (tertiary/aromatic N) is 1. The Hall–Kier alpha value is -1.48. The second kappa shape index (κ2) is 6.45. The molecule has 0 amide bonds. The van der Waals surface area contributed by atoms with Gasteiger partial charge in [-0.15, -0.1) is 6.58 Å². The fourth-order valence-electron chi connectivity index (χ4n) is 2.32. The van der Waals surface area contributed by atoms with E-state index in [1.807, 2.05) is 12.1 Å². The Balaban J connectivity index is 2.09. The van der Waals surface area contributed by atoms with E-state index in [1.54, 1.807) is 0 Å². The molecule has 3 nitrogen and oxygen atoms in total. The number of benzene rings is 1. The maximum atomic E-state index is 5.78. The number of hydrogen-bond acceptors (Lipinski definition) is 3. The Kier molecular flexibility index (Phi) is 4.65. The van der Waals surface area contributed by atoms with E-state index in [4.69, 9.17) is 4.74 Å². The molecular weight excluding hydrogens is 224 g/mol. The second-order valence-electron chi connectivity index (χ2n) is 4.66. The summed E-state index contributed by atoms with van der Waals surface area (Å²) in [4.78, 5) is 2.43. The topological polar surface area (TPSA) is 24.5 Å². The first-order valence-electron chi connectivity index (χ1n) is 6.63. The molecule has 1 unspecified atom stereocenters. The minimum absolute atomic E-state index is 0.452. The normalized spacial score (nSPS) is 16.4. The summed E-state index contributed by atoms with van der Waals surface area (Å²) in [6.07, 6.45) is 2.96. The molecule has 0 fully saturated rings. The van der Waals surface area contributed by atoms with E-state index in [9.17, 15) is 0 Å². The van der Waals surface area contributed by atoms with Crippen molar-refractivity contribution in [3.63, 3.8) is 0 Å². The minimum Gasteiger partial charge on any atom is -0.491 e. The molecule has 3 heteroatoms. The highest BCUT2D eigenvalue weighted by atomic mass is 16.5. The summed E-state index contributed by atoms with van der Waals surface area (Å²) >= 11 is 0. The van der Waals surface area contributed by atoms with Crippen molar-refractivity contribution in [1.29, 1.82) is 0 Å². The van der Waals surface area contributed by atoms with Crippen molar-refractivity contribution in [2.24, 2.45) is 0 Å². The van der Waals surface area contributed by atoms with Gasteiger partial charge in [-0.25, -0.2) is 0 Å². The molecular formula is C15H22N2O. The highest BCUT2D eigenvalue weighted by Crippen LogP contribution is 2.31. The van der Waals surface area contributed by atoms with E-state index in [2.05, 4.69) is 41.9 Å². The van der Waals surface area contributed by atoms with Gasteiger partial charge in [0.1, 0.15) is 5.75 Å². The van der Waals surface area contributed by atoms with Gasteiger partial charge in [-0.05, 0) is 25.5 Å². The fraction of sp³-hybridized carbons (Fsp3) is 0.467. The van der Waals surface area contributed by atoms with Crippen molar-refractivity contribution in [1.82, 2.24) is 5.32 Å². The molecule has 0 saturated heterocycles. The summed E-state index contributed by atoms with van der Waals surface area (Å²) in [6.45, 7) is 9.64. The molecule has 0 spiro atoms. The van der Waals surface area contributed by atoms with Crippen molar-refractivity contribution >= 4 is 5.69 Å². The van der Waals surface area contributed by atoms with E-state index < -0.39 is 0 Å². The van der Waals surface area contributed by atoms with Gasteiger partial charge in [0.05, 0.1) is 12.3 Å². The van der Waals surface area contributed by atoms with E-state index in [-0.39, 0.29) is 0 Å². The van der Waals surface area contributed by atoms with Crippen LogP contribution in [-0.4, -0.2) is 32.3 Å². The zero-order valence-electron chi connectivity index (χ0n) is 11.1. The van der Waals surface area contributed by atoms with Gasteiger partial charge in [-0.3, -0.25) is 0 Å². The summed E-state index contributed by atoms with van der Waals surface area (Å²) in [5, 5.41) is 3.38. The predicted molar refractivity (Wildman–Crippen MR) is 76.4 cm³/mol. The van der Waals surface area contributed by atoms with Gasteiger partial charge < -0.3 is 15.0 Å². The van der Waals surface area contributed by atoms with E-state index in [0.29, 0.717) is 6.04 Å². The molecule has 1 aliphatic heterocycles. The number of rotatable bonds is 5. The van der Waals surface area contributed by atoms with Gasteiger partial charge in [0.15, 0.2) is 0 Å². The number of fused-ring (bicyclic) bond motifs is 1. The standard InChI is InChI=1S/C15H22N2O/c1-3-9-16-12-13(2)17-10-6-11-18-15-8-5-4-7-14(15)17/h3-5,7-8,13,16H,1,6,9-12H2,2H3. The van der Waals surface area contributed by atoms with Gasteiger partial charge in [0.25, 0.3) is 0 Å². The quantitative estimate of drug-likeness (QED) is 0.638. The van der Waals surface area contributed by atoms with Crippen LogP contribution in [0, 0.1) is 0 Å². The summed E-state index contributed by atoms with van der Waals surface area (Å²) in [6, 6.07) is 8.75. The Morgan fingerprint density at radius 1 is 1.50 bits per heavy atom. The van der Waals surface area contributed by atoms with E-state index in [1.165, 1.54) is 5.69 Å². The zero-order valence-corrected chi connectivity index (χ0v) is 11.1. The van der Waals surface area contributed by atoms with Gasteiger partial charge in [-0.2, -0.15) is 0 Å². The van der Waals surface area contributed by atoms with Gasteiger partial charge in [-0.1, -0.05) is 18.2 Å². The molecule has 1 aromatic carbocycles. The van der Waals surface area contributed by atoms with Crippen LogP contribution in [0.1, 0.15) is 13.3 Å². The lowest BCUT2D eigenvalue weighted by Gasteiger charge is -2.30. The van der Waals surface area contributed by atoms with Crippen LogP contribution >= 0.6 is 0 Å². The molecule has 0 radical (unpaired) electrons. The molecule has 18 heavy (non-hydrogen) atoms. The van der Waals surface area contributed by atoms with Crippen molar-refractivity contribution < 1.29 is 4.74 Å². The van der Waals surface area contributed by atoms with Gasteiger partial charge >= 0.3 is 0 Å². The van der Waals surface area contributed by atoms with Crippen LogP contribution in [0.5, 0.6) is 5.75 Å². The predicted octanol–water partition coefficient (Wildman–Crippen LogP) is 2.44. The number of nitrogens with one attached hydrogen (secondary N) is 1. The largest absolute Gasteiger partial charge is 0.491 e. The summed E-state index contributed by atoms with van der Waals surface area (Å²) in [5.41, 5.74) is 1.21. The first-order chi connectivity index (χ1) is 8.83. The lowest BCUT2D eigenvalue weighted by atomic mass is 10.2. The second-order valence-corrected chi connectivity index (χ2v) is 4.66. The third kappa shape index (κ3) is 3.05. The molecule has 1 heterocycles. The van der Waals surface area contributed by atoms with E-state index in [0.717, 1.165) is 38.4 Å². The molecule has 1 aromatic rings. The number of anilines is 1. The summed E-state index contributed by atoms with van der Waals surface area (Å²) in [5.74, 6) is 1.01. The first kappa shape index (κ1) is 13.0. The highest BCUT2D eigenvalue weighted by Gasteiger charge is 2.20. The van der Waals surface area contributed by atoms with Crippen molar-refractivity contribution in [2.75, 3.05) is 31.1 Å². The van der Waals surface area contributed by atoms with Crippen LogP contribution in [0.2, 0.25) is 0 Å². The number of hydrogen-bond donors (Lipinski definition) is 1. The first-order valence-corrected chi connectivity index (χ1v) is 6.63. The molecule has 2 rings (SSSR count). The Morgan fingerprint density at radius 3 is 3.17 bits per heavy atom. The molecule has 0 saturated carbocycles. The Morgan fingerprint density at radius 2 is 2.33 bits per heavy atom. The van der Waals surface area contributed by atoms with E-state index >= 15 is 0 Å².